The van der Waals surface area contributed by atoms with Crippen LogP contribution in [-0.2, 0) is 6.42 Å². The Hall–Kier alpha value is -1.51. The van der Waals surface area contributed by atoms with Crippen molar-refractivity contribution in [2.45, 2.75) is 39.3 Å². The SMILES string of the molecule is Cc1cccc(C)c1CC(N)C(C)Oc1cccc(Cl)c1. The van der Waals surface area contributed by atoms with Gasteiger partial charge in [0, 0.05) is 11.1 Å². The first kappa shape index (κ1) is 15.9. The van der Waals surface area contributed by atoms with E-state index in [-0.39, 0.29) is 12.1 Å². The van der Waals surface area contributed by atoms with Gasteiger partial charge in [0.05, 0.1) is 0 Å². The molecule has 2 nitrogen and oxygen atoms in total. The van der Waals surface area contributed by atoms with Crippen molar-refractivity contribution in [2.24, 2.45) is 5.73 Å². The van der Waals surface area contributed by atoms with E-state index >= 15 is 0 Å². The van der Waals surface area contributed by atoms with Crippen molar-refractivity contribution in [3.63, 3.8) is 0 Å². The summed E-state index contributed by atoms with van der Waals surface area (Å²) in [7, 11) is 0. The quantitative estimate of drug-likeness (QED) is 0.894. The Morgan fingerprint density at radius 1 is 1.10 bits per heavy atom. The molecule has 0 aliphatic heterocycles. The van der Waals surface area contributed by atoms with Gasteiger partial charge < -0.3 is 10.5 Å². The molecule has 0 bridgehead atoms. The van der Waals surface area contributed by atoms with Gasteiger partial charge in [-0.05, 0) is 62.1 Å². The number of aryl methyl sites for hydroxylation is 2. The fourth-order valence-corrected chi connectivity index (χ4v) is 2.60. The van der Waals surface area contributed by atoms with Gasteiger partial charge in [0.15, 0.2) is 0 Å². The largest absolute Gasteiger partial charge is 0.489 e. The standard InChI is InChI=1S/C18H22ClNO/c1-12-6-4-7-13(2)17(12)11-18(20)14(3)21-16-9-5-8-15(19)10-16/h4-10,14,18H,11,20H2,1-3H3. The molecular weight excluding hydrogens is 282 g/mol. The summed E-state index contributed by atoms with van der Waals surface area (Å²) < 4.78 is 5.90. The van der Waals surface area contributed by atoms with E-state index in [0.29, 0.717) is 5.02 Å². The highest BCUT2D eigenvalue weighted by Crippen LogP contribution is 2.21. The molecule has 0 amide bonds. The first-order valence-electron chi connectivity index (χ1n) is 7.20. The molecule has 0 spiro atoms. The molecule has 0 radical (unpaired) electrons. The molecule has 112 valence electrons. The van der Waals surface area contributed by atoms with Crippen LogP contribution >= 0.6 is 11.6 Å². The van der Waals surface area contributed by atoms with Crippen LogP contribution in [0.5, 0.6) is 5.75 Å². The van der Waals surface area contributed by atoms with Gasteiger partial charge in [-0.15, -0.1) is 0 Å². The van der Waals surface area contributed by atoms with E-state index in [1.807, 2.05) is 31.2 Å². The van der Waals surface area contributed by atoms with Crippen molar-refractivity contribution >= 4 is 11.6 Å². The van der Waals surface area contributed by atoms with E-state index in [9.17, 15) is 0 Å². The van der Waals surface area contributed by atoms with E-state index in [1.165, 1.54) is 16.7 Å². The second-order valence-corrected chi connectivity index (χ2v) is 5.96. The van der Waals surface area contributed by atoms with Gasteiger partial charge in [0.1, 0.15) is 11.9 Å². The molecule has 2 N–H and O–H groups in total. The van der Waals surface area contributed by atoms with Crippen molar-refractivity contribution in [1.29, 1.82) is 0 Å². The average molecular weight is 304 g/mol. The minimum Gasteiger partial charge on any atom is -0.489 e. The zero-order valence-corrected chi connectivity index (χ0v) is 13.5. The second-order valence-electron chi connectivity index (χ2n) is 5.52. The summed E-state index contributed by atoms with van der Waals surface area (Å²) in [5.41, 5.74) is 10.2. The minimum atomic E-state index is -0.0810. The van der Waals surface area contributed by atoms with Crippen molar-refractivity contribution in [3.05, 3.63) is 64.2 Å². The molecule has 2 rings (SSSR count). The number of hydrogen-bond acceptors (Lipinski definition) is 2. The molecule has 0 aromatic heterocycles. The predicted molar refractivity (Wildman–Crippen MR) is 89.1 cm³/mol. The zero-order chi connectivity index (χ0) is 15.4. The smallest absolute Gasteiger partial charge is 0.121 e. The van der Waals surface area contributed by atoms with Crippen molar-refractivity contribution in [3.8, 4) is 5.75 Å². The maximum absolute atomic E-state index is 6.31. The monoisotopic (exact) mass is 303 g/mol. The van der Waals surface area contributed by atoms with Crippen LogP contribution in [-0.4, -0.2) is 12.1 Å². The number of benzene rings is 2. The first-order valence-corrected chi connectivity index (χ1v) is 7.58. The Morgan fingerprint density at radius 3 is 2.33 bits per heavy atom. The number of hydrogen-bond donors (Lipinski definition) is 1. The molecule has 0 heterocycles. The molecule has 21 heavy (non-hydrogen) atoms. The molecule has 0 saturated carbocycles. The summed E-state index contributed by atoms with van der Waals surface area (Å²) in [5, 5.41) is 0.669. The summed E-state index contributed by atoms with van der Waals surface area (Å²) in [6.45, 7) is 6.24. The number of ether oxygens (including phenoxy) is 1. The molecule has 2 atom stereocenters. The van der Waals surface area contributed by atoms with Gasteiger partial charge >= 0.3 is 0 Å². The minimum absolute atomic E-state index is 0.0659. The highest BCUT2D eigenvalue weighted by Gasteiger charge is 2.17. The van der Waals surface area contributed by atoms with Crippen LogP contribution in [0.1, 0.15) is 23.6 Å². The lowest BCUT2D eigenvalue weighted by molar-refractivity contribution is 0.189. The highest BCUT2D eigenvalue weighted by molar-refractivity contribution is 6.30. The van der Waals surface area contributed by atoms with E-state index in [2.05, 4.69) is 32.0 Å². The lowest BCUT2D eigenvalue weighted by Crippen LogP contribution is -2.38. The molecule has 2 aromatic rings. The molecule has 2 aromatic carbocycles. The van der Waals surface area contributed by atoms with Gasteiger partial charge in [-0.1, -0.05) is 35.9 Å². The van der Waals surface area contributed by atoms with Crippen LogP contribution in [0.2, 0.25) is 5.02 Å². The zero-order valence-electron chi connectivity index (χ0n) is 12.8. The van der Waals surface area contributed by atoms with Gasteiger partial charge in [-0.3, -0.25) is 0 Å². The van der Waals surface area contributed by atoms with E-state index in [1.54, 1.807) is 0 Å². The van der Waals surface area contributed by atoms with Crippen LogP contribution in [0.25, 0.3) is 0 Å². The summed E-state index contributed by atoms with van der Waals surface area (Å²) in [5.74, 6) is 0.756. The fraction of sp³-hybridized carbons (Fsp3) is 0.333. The van der Waals surface area contributed by atoms with Crippen molar-refractivity contribution in [2.75, 3.05) is 0 Å². The van der Waals surface area contributed by atoms with E-state index in [4.69, 9.17) is 22.1 Å². The van der Waals surface area contributed by atoms with Gasteiger partial charge in [0.2, 0.25) is 0 Å². The van der Waals surface area contributed by atoms with Gasteiger partial charge in [-0.25, -0.2) is 0 Å². The molecule has 0 aliphatic rings. The molecule has 2 unspecified atom stereocenters. The topological polar surface area (TPSA) is 35.2 Å². The molecule has 0 saturated heterocycles. The molecule has 3 heteroatoms. The normalized spacial score (nSPS) is 13.8. The fourth-order valence-electron chi connectivity index (χ4n) is 2.41. The predicted octanol–water partition coefficient (Wildman–Crippen LogP) is 4.29. The Balaban J connectivity index is 2.04. The summed E-state index contributed by atoms with van der Waals surface area (Å²) >= 11 is 5.97. The van der Waals surface area contributed by atoms with Crippen LogP contribution in [0.15, 0.2) is 42.5 Å². The Kier molecular flexibility index (Phi) is 5.27. The van der Waals surface area contributed by atoms with Gasteiger partial charge in [-0.2, -0.15) is 0 Å². The Bertz CT molecular complexity index is 592. The molecule has 0 fully saturated rings. The summed E-state index contributed by atoms with van der Waals surface area (Å²) in [6.07, 6.45) is 0.725. The molecule has 0 aliphatic carbocycles. The van der Waals surface area contributed by atoms with Crippen LogP contribution in [0.3, 0.4) is 0 Å². The summed E-state index contributed by atoms with van der Waals surface area (Å²) in [4.78, 5) is 0. The maximum atomic E-state index is 6.31. The van der Waals surface area contributed by atoms with Gasteiger partial charge in [0.25, 0.3) is 0 Å². The Morgan fingerprint density at radius 2 is 1.71 bits per heavy atom. The van der Waals surface area contributed by atoms with E-state index in [0.717, 1.165) is 12.2 Å². The maximum Gasteiger partial charge on any atom is 0.121 e. The Labute approximate surface area is 131 Å². The number of nitrogens with two attached hydrogens (primary N) is 1. The third kappa shape index (κ3) is 4.23. The third-order valence-electron chi connectivity index (χ3n) is 3.81. The second kappa shape index (κ2) is 6.97. The lowest BCUT2D eigenvalue weighted by atomic mass is 9.95. The third-order valence-corrected chi connectivity index (χ3v) is 4.04. The first-order chi connectivity index (χ1) is 9.97. The lowest BCUT2D eigenvalue weighted by Gasteiger charge is -2.23. The van der Waals surface area contributed by atoms with Crippen LogP contribution in [0.4, 0.5) is 0 Å². The summed E-state index contributed by atoms with van der Waals surface area (Å²) in [6, 6.07) is 13.7. The van der Waals surface area contributed by atoms with Crippen LogP contribution in [0, 0.1) is 13.8 Å². The number of rotatable bonds is 5. The molecular formula is C18H22ClNO. The van der Waals surface area contributed by atoms with E-state index < -0.39 is 0 Å². The van der Waals surface area contributed by atoms with Crippen molar-refractivity contribution < 1.29 is 4.74 Å². The highest BCUT2D eigenvalue weighted by atomic mass is 35.5. The van der Waals surface area contributed by atoms with Crippen LogP contribution < -0.4 is 10.5 Å². The number of halogens is 1. The average Bonchev–Trinajstić information content (AvgIpc) is 2.43. The van der Waals surface area contributed by atoms with Crippen molar-refractivity contribution in [1.82, 2.24) is 0 Å².